The van der Waals surface area contributed by atoms with Crippen LogP contribution in [0.1, 0.15) is 16.1 Å². The molecular formula is C13H9F3N2O2. The van der Waals surface area contributed by atoms with Gasteiger partial charge in [-0.3, -0.25) is 9.59 Å². The van der Waals surface area contributed by atoms with Gasteiger partial charge in [-0.1, -0.05) is 18.2 Å². The first-order chi connectivity index (χ1) is 9.38. The van der Waals surface area contributed by atoms with Crippen molar-refractivity contribution in [2.24, 2.45) is 0 Å². The maximum Gasteiger partial charge on any atom is 0.431 e. The Balaban J connectivity index is 2.23. The van der Waals surface area contributed by atoms with Gasteiger partial charge in [-0.25, -0.2) is 0 Å². The van der Waals surface area contributed by atoms with Crippen molar-refractivity contribution < 1.29 is 18.0 Å². The number of carbonyl (C=O) groups is 1. The summed E-state index contributed by atoms with van der Waals surface area (Å²) in [6.07, 6.45) is -4.64. The van der Waals surface area contributed by atoms with Gasteiger partial charge in [0, 0.05) is 5.56 Å². The van der Waals surface area contributed by atoms with Crippen LogP contribution in [0.3, 0.4) is 0 Å². The Morgan fingerprint density at radius 1 is 1.05 bits per heavy atom. The van der Waals surface area contributed by atoms with Crippen molar-refractivity contribution in [3.63, 3.8) is 0 Å². The predicted molar refractivity (Wildman–Crippen MR) is 66.5 cm³/mol. The van der Waals surface area contributed by atoms with Crippen LogP contribution >= 0.6 is 0 Å². The molecule has 1 amide bonds. The van der Waals surface area contributed by atoms with Crippen LogP contribution < -0.4 is 10.9 Å². The van der Waals surface area contributed by atoms with Gasteiger partial charge in [0.05, 0.1) is 0 Å². The molecule has 0 saturated heterocycles. The minimum atomic E-state index is -4.64. The van der Waals surface area contributed by atoms with Crippen molar-refractivity contribution in [1.29, 1.82) is 0 Å². The average molecular weight is 282 g/mol. The number of H-pyrrole nitrogens is 1. The zero-order valence-corrected chi connectivity index (χ0v) is 9.99. The fourth-order valence-corrected chi connectivity index (χ4v) is 1.52. The number of amides is 1. The molecule has 20 heavy (non-hydrogen) atoms. The van der Waals surface area contributed by atoms with Crippen LogP contribution in [-0.2, 0) is 6.18 Å². The largest absolute Gasteiger partial charge is 0.431 e. The molecular weight excluding hydrogens is 273 g/mol. The highest BCUT2D eigenvalue weighted by Crippen LogP contribution is 2.26. The molecule has 0 saturated carbocycles. The van der Waals surface area contributed by atoms with Gasteiger partial charge in [0.2, 0.25) is 0 Å². The molecule has 2 aromatic rings. The van der Waals surface area contributed by atoms with Gasteiger partial charge in [-0.05, 0) is 24.3 Å². The highest BCUT2D eigenvalue weighted by atomic mass is 19.4. The zero-order valence-electron chi connectivity index (χ0n) is 9.99. The molecule has 104 valence electrons. The number of carbonyl (C=O) groups excluding carboxylic acids is 1. The Kier molecular flexibility index (Phi) is 3.60. The van der Waals surface area contributed by atoms with Crippen molar-refractivity contribution in [2.75, 3.05) is 5.32 Å². The van der Waals surface area contributed by atoms with Crippen LogP contribution in [0.25, 0.3) is 0 Å². The van der Waals surface area contributed by atoms with Gasteiger partial charge in [0.25, 0.3) is 11.5 Å². The van der Waals surface area contributed by atoms with Gasteiger partial charge in [-0.15, -0.1) is 0 Å². The number of halogens is 3. The Morgan fingerprint density at radius 3 is 2.25 bits per heavy atom. The summed E-state index contributed by atoms with van der Waals surface area (Å²) in [5.41, 5.74) is -2.12. The molecule has 1 aromatic carbocycles. The van der Waals surface area contributed by atoms with E-state index < -0.39 is 23.3 Å². The van der Waals surface area contributed by atoms with E-state index in [1.807, 2.05) is 0 Å². The molecule has 0 spiro atoms. The fourth-order valence-electron chi connectivity index (χ4n) is 1.52. The van der Waals surface area contributed by atoms with E-state index in [1.165, 1.54) is 12.1 Å². The minimum Gasteiger partial charge on any atom is -0.317 e. The number of aromatic amines is 1. The third kappa shape index (κ3) is 3.05. The number of anilines is 1. The molecule has 0 fully saturated rings. The molecule has 0 radical (unpaired) electrons. The lowest BCUT2D eigenvalue weighted by molar-refractivity contribution is -0.141. The quantitative estimate of drug-likeness (QED) is 0.889. The number of hydrogen-bond acceptors (Lipinski definition) is 2. The van der Waals surface area contributed by atoms with Crippen molar-refractivity contribution in [1.82, 2.24) is 4.98 Å². The second kappa shape index (κ2) is 5.20. The number of benzene rings is 1. The summed E-state index contributed by atoms with van der Waals surface area (Å²) < 4.78 is 37.1. The first kappa shape index (κ1) is 13.9. The Bertz CT molecular complexity index is 678. The number of hydrogen-bond donors (Lipinski definition) is 2. The monoisotopic (exact) mass is 282 g/mol. The van der Waals surface area contributed by atoms with Crippen LogP contribution in [0.15, 0.2) is 47.3 Å². The fraction of sp³-hybridized carbons (Fsp3) is 0.0769. The van der Waals surface area contributed by atoms with E-state index in [9.17, 15) is 22.8 Å². The summed E-state index contributed by atoms with van der Waals surface area (Å²) in [5, 5.41) is 2.26. The van der Waals surface area contributed by atoms with E-state index in [-0.39, 0.29) is 5.69 Å². The lowest BCUT2D eigenvalue weighted by atomic mass is 10.2. The lowest BCUT2D eigenvalue weighted by Gasteiger charge is -2.08. The molecule has 0 unspecified atom stereocenters. The maximum atomic E-state index is 12.4. The number of nitrogens with one attached hydrogen (secondary N) is 2. The van der Waals surface area contributed by atoms with Gasteiger partial charge in [-0.2, -0.15) is 13.2 Å². The molecule has 4 nitrogen and oxygen atoms in total. The molecule has 2 rings (SSSR count). The van der Waals surface area contributed by atoms with E-state index >= 15 is 0 Å². The van der Waals surface area contributed by atoms with E-state index in [1.54, 1.807) is 23.2 Å². The first-order valence-corrected chi connectivity index (χ1v) is 5.55. The SMILES string of the molecule is O=C(Nc1ccc(C(F)(F)F)[nH]c1=O)c1ccccc1. The molecule has 2 N–H and O–H groups in total. The van der Waals surface area contributed by atoms with Crippen molar-refractivity contribution in [2.45, 2.75) is 6.18 Å². The van der Waals surface area contributed by atoms with Crippen molar-refractivity contribution in [3.8, 4) is 0 Å². The summed E-state index contributed by atoms with van der Waals surface area (Å²) in [5.74, 6) is -0.573. The molecule has 1 heterocycles. The summed E-state index contributed by atoms with van der Waals surface area (Å²) in [4.78, 5) is 24.9. The van der Waals surface area contributed by atoms with E-state index in [0.29, 0.717) is 11.6 Å². The van der Waals surface area contributed by atoms with E-state index in [2.05, 4.69) is 5.32 Å². The van der Waals surface area contributed by atoms with Gasteiger partial charge < -0.3 is 10.3 Å². The van der Waals surface area contributed by atoms with Crippen molar-refractivity contribution in [3.05, 3.63) is 64.1 Å². The second-order valence-corrected chi connectivity index (χ2v) is 3.93. The summed E-state index contributed by atoms with van der Waals surface area (Å²) >= 11 is 0. The number of aromatic nitrogens is 1. The summed E-state index contributed by atoms with van der Waals surface area (Å²) in [6.45, 7) is 0. The van der Waals surface area contributed by atoms with Crippen LogP contribution in [0.5, 0.6) is 0 Å². The van der Waals surface area contributed by atoms with Gasteiger partial charge in [0.15, 0.2) is 0 Å². The first-order valence-electron chi connectivity index (χ1n) is 5.55. The summed E-state index contributed by atoms with van der Waals surface area (Å²) in [6, 6.07) is 9.63. The van der Waals surface area contributed by atoms with Gasteiger partial charge >= 0.3 is 6.18 Å². The Hall–Kier alpha value is -2.57. The van der Waals surface area contributed by atoms with Crippen LogP contribution in [-0.4, -0.2) is 10.9 Å². The lowest BCUT2D eigenvalue weighted by Crippen LogP contribution is -2.22. The zero-order chi connectivity index (χ0) is 14.8. The standard InChI is InChI=1S/C13H9F3N2O2/c14-13(15,16)10-7-6-9(12(20)18-10)17-11(19)8-4-2-1-3-5-8/h1-7H,(H,17,19)(H,18,20). The molecule has 1 aromatic heterocycles. The highest BCUT2D eigenvalue weighted by molar-refractivity contribution is 6.04. The number of alkyl halides is 3. The minimum absolute atomic E-state index is 0.244. The Labute approximate surface area is 111 Å². The van der Waals surface area contributed by atoms with Crippen LogP contribution in [0, 0.1) is 0 Å². The third-order valence-corrected chi connectivity index (χ3v) is 2.50. The molecule has 0 atom stereocenters. The van der Waals surface area contributed by atoms with E-state index in [0.717, 1.165) is 6.07 Å². The molecule has 0 bridgehead atoms. The molecule has 0 aliphatic heterocycles. The average Bonchev–Trinajstić information content (AvgIpc) is 2.41. The second-order valence-electron chi connectivity index (χ2n) is 3.93. The summed E-state index contributed by atoms with van der Waals surface area (Å²) in [7, 11) is 0. The molecule has 0 aliphatic carbocycles. The Morgan fingerprint density at radius 2 is 1.70 bits per heavy atom. The van der Waals surface area contributed by atoms with E-state index in [4.69, 9.17) is 0 Å². The maximum absolute atomic E-state index is 12.4. The molecule has 0 aliphatic rings. The normalized spacial score (nSPS) is 11.2. The third-order valence-electron chi connectivity index (χ3n) is 2.50. The molecule has 7 heteroatoms. The van der Waals surface area contributed by atoms with Crippen LogP contribution in [0.4, 0.5) is 18.9 Å². The number of pyridine rings is 1. The predicted octanol–water partition coefficient (Wildman–Crippen LogP) is 2.65. The van der Waals surface area contributed by atoms with Gasteiger partial charge in [0.1, 0.15) is 11.4 Å². The van der Waals surface area contributed by atoms with Crippen LogP contribution in [0.2, 0.25) is 0 Å². The highest BCUT2D eigenvalue weighted by Gasteiger charge is 2.31. The van der Waals surface area contributed by atoms with Crippen molar-refractivity contribution >= 4 is 11.6 Å². The topological polar surface area (TPSA) is 62.0 Å². The smallest absolute Gasteiger partial charge is 0.317 e. The number of rotatable bonds is 2.